The van der Waals surface area contributed by atoms with E-state index in [0.29, 0.717) is 0 Å². The van der Waals surface area contributed by atoms with Crippen LogP contribution in [0.2, 0.25) is 0 Å². The van der Waals surface area contributed by atoms with Gasteiger partial charge in [-0.25, -0.2) is 0 Å². The minimum absolute atomic E-state index is 0.287. The van der Waals surface area contributed by atoms with Gasteiger partial charge in [-0.3, -0.25) is 0 Å². The summed E-state index contributed by atoms with van der Waals surface area (Å²) in [6.07, 6.45) is 0. The van der Waals surface area contributed by atoms with Gasteiger partial charge in [0.1, 0.15) is 0 Å². The summed E-state index contributed by atoms with van der Waals surface area (Å²) < 4.78 is 4.93. The molecule has 14 aromatic carbocycles. The van der Waals surface area contributed by atoms with E-state index in [1.165, 1.54) is 133 Å². The lowest BCUT2D eigenvalue weighted by Crippen LogP contribution is -2.17. The monoisotopic (exact) mass is 1220 g/mol. The number of hydrogen-bond donors (Lipinski definition) is 0. The number of fused-ring (bicyclic) bond motifs is 9. The van der Waals surface area contributed by atoms with Gasteiger partial charge in [0.15, 0.2) is 0 Å². The van der Waals surface area contributed by atoms with Crippen LogP contribution in [0.5, 0.6) is 0 Å². The highest BCUT2D eigenvalue weighted by Gasteiger charge is 2.37. The van der Waals surface area contributed by atoms with Crippen LogP contribution >= 0.6 is 0 Å². The van der Waals surface area contributed by atoms with E-state index in [-0.39, 0.29) is 5.41 Å². The summed E-state index contributed by atoms with van der Waals surface area (Å²) in [5.74, 6) is 0. The predicted octanol–water partition coefficient (Wildman–Crippen LogP) is 25.0. The summed E-state index contributed by atoms with van der Waals surface area (Å²) >= 11 is 0. The zero-order valence-electron chi connectivity index (χ0n) is 54.3. The molecule has 2 aromatic heterocycles. The second-order valence-electron chi connectivity index (χ2n) is 26.5. The van der Waals surface area contributed by atoms with Gasteiger partial charge in [-0.2, -0.15) is 0 Å². The quantitative estimate of drug-likeness (QED) is 0.121. The lowest BCUT2D eigenvalue weighted by molar-refractivity contribution is 0.660. The number of hydrogen-bond acceptors (Lipinski definition) is 2. The lowest BCUT2D eigenvalue weighted by Gasteiger charge is -2.28. The highest BCUT2D eigenvalue weighted by atomic mass is 15.1. The fourth-order valence-corrected chi connectivity index (χ4v) is 14.9. The van der Waals surface area contributed by atoms with E-state index in [4.69, 9.17) is 0 Å². The second-order valence-corrected chi connectivity index (χ2v) is 26.5. The molecule has 17 rings (SSSR count). The molecule has 0 fully saturated rings. The van der Waals surface area contributed by atoms with E-state index in [9.17, 15) is 0 Å². The molecule has 1 aliphatic rings. The maximum absolute atomic E-state index is 2.49. The minimum atomic E-state index is -0.287. The van der Waals surface area contributed by atoms with Crippen LogP contribution in [0.25, 0.3) is 111 Å². The van der Waals surface area contributed by atoms with E-state index in [2.05, 4.69) is 376 Å². The number of benzene rings is 14. The van der Waals surface area contributed by atoms with Crippen molar-refractivity contribution in [2.45, 2.75) is 47.0 Å². The molecule has 0 amide bonds. The molecule has 0 saturated heterocycles. The second kappa shape index (κ2) is 22.8. The predicted molar refractivity (Wildman–Crippen MR) is 403 cm³/mol. The maximum atomic E-state index is 2.49. The summed E-state index contributed by atoms with van der Waals surface area (Å²) in [6, 6.07) is 117. The van der Waals surface area contributed by atoms with Crippen LogP contribution in [0.15, 0.2) is 315 Å². The van der Waals surface area contributed by atoms with Crippen molar-refractivity contribution in [3.05, 3.63) is 349 Å². The van der Waals surface area contributed by atoms with Gasteiger partial charge in [-0.05, 0) is 240 Å². The van der Waals surface area contributed by atoms with E-state index in [1.807, 2.05) is 0 Å². The van der Waals surface area contributed by atoms with Crippen molar-refractivity contribution in [2.24, 2.45) is 0 Å². The molecule has 0 aliphatic heterocycles. The molecule has 0 bridgehead atoms. The first-order valence-electron chi connectivity index (χ1n) is 33.1. The Labute approximate surface area is 556 Å². The van der Waals surface area contributed by atoms with Crippen LogP contribution < -0.4 is 9.80 Å². The molecule has 4 heteroatoms. The van der Waals surface area contributed by atoms with Gasteiger partial charge >= 0.3 is 0 Å². The van der Waals surface area contributed by atoms with E-state index in [0.717, 1.165) is 45.5 Å². The first-order chi connectivity index (χ1) is 46.4. The Balaban J connectivity index is 0.694. The summed E-state index contributed by atoms with van der Waals surface area (Å²) in [4.78, 5) is 4.74. The largest absolute Gasteiger partial charge is 0.311 e. The molecule has 0 spiro atoms. The molecule has 1 aliphatic carbocycles. The Morgan fingerprint density at radius 3 is 0.958 bits per heavy atom. The Bertz CT molecular complexity index is 5470. The van der Waals surface area contributed by atoms with Gasteiger partial charge < -0.3 is 18.9 Å². The Morgan fingerprint density at radius 2 is 0.526 bits per heavy atom. The van der Waals surface area contributed by atoms with Gasteiger partial charge in [-0.15, -0.1) is 0 Å². The SMILES string of the molecule is Cc1ccc(N(c2ccc(C)cc2)c2ccc(-c3ccc(-n4c5ccc(C)cc5c5cc(-c6ccc7c(c6)c6cc(C)ccc6n7-c6ccc7c(c6)C(C)(C)c6cc(N(c8ccc(-c9ccccc9)cc8)c8ccc(-c9ccccc9)cc8)ccc6-7)ccc54)cc3)cc2)cc1. The first-order valence-corrected chi connectivity index (χ1v) is 33.1. The molecule has 0 radical (unpaired) electrons. The molecular weight excluding hydrogens is 1150 g/mol. The number of aromatic nitrogens is 2. The maximum Gasteiger partial charge on any atom is 0.0541 e. The third-order valence-electron chi connectivity index (χ3n) is 20.0. The fourth-order valence-electron chi connectivity index (χ4n) is 14.9. The molecule has 2 heterocycles. The van der Waals surface area contributed by atoms with Crippen LogP contribution in [0.3, 0.4) is 0 Å². The smallest absolute Gasteiger partial charge is 0.0541 e. The zero-order valence-corrected chi connectivity index (χ0v) is 54.3. The molecule has 95 heavy (non-hydrogen) atoms. The van der Waals surface area contributed by atoms with Crippen molar-refractivity contribution in [1.82, 2.24) is 9.13 Å². The van der Waals surface area contributed by atoms with Crippen molar-refractivity contribution in [3.63, 3.8) is 0 Å². The van der Waals surface area contributed by atoms with Gasteiger partial charge in [-0.1, -0.05) is 206 Å². The van der Waals surface area contributed by atoms with Crippen LogP contribution in [-0.4, -0.2) is 9.13 Å². The standard InChI is InChI=1S/C91H70N4/c1-59-17-33-71(34-18-59)92(72-35-19-60(2)20-36-72)73-37-27-67(28-38-73)68-29-43-76(44-30-68)94-87-49-21-61(3)53-81(87)83-55-69(31-51-89(83)94)70-32-52-90-84(56-70)82-54-62(4)22-50-88(82)95(90)78-46-48-80-79-47-45-77(57-85(79)91(5,6)86(80)58-78)93(74-39-23-65(24-40-74)63-13-9-7-10-14-63)75-41-25-66(26-42-75)64-15-11-8-12-16-64/h7-58H,1-6H3. The van der Waals surface area contributed by atoms with Crippen molar-refractivity contribution in [2.75, 3.05) is 9.80 Å². The van der Waals surface area contributed by atoms with Crippen LogP contribution in [0.1, 0.15) is 47.2 Å². The molecule has 4 nitrogen and oxygen atoms in total. The zero-order chi connectivity index (χ0) is 64.1. The highest BCUT2D eigenvalue weighted by molar-refractivity contribution is 6.13. The summed E-state index contributed by atoms with van der Waals surface area (Å²) in [5, 5.41) is 4.98. The number of aryl methyl sites for hydroxylation is 4. The number of anilines is 6. The third kappa shape index (κ3) is 10.00. The Hall–Kier alpha value is -11.7. The van der Waals surface area contributed by atoms with Gasteiger partial charge in [0.25, 0.3) is 0 Å². The van der Waals surface area contributed by atoms with Crippen molar-refractivity contribution < 1.29 is 0 Å². The molecule has 0 atom stereocenters. The topological polar surface area (TPSA) is 16.3 Å². The van der Waals surface area contributed by atoms with Crippen molar-refractivity contribution >= 4 is 77.7 Å². The van der Waals surface area contributed by atoms with Gasteiger partial charge in [0.05, 0.1) is 22.1 Å². The fraction of sp³-hybridized carbons (Fsp3) is 0.0769. The van der Waals surface area contributed by atoms with Crippen LogP contribution in [-0.2, 0) is 5.41 Å². The first kappa shape index (κ1) is 57.2. The molecule has 0 saturated carbocycles. The molecule has 454 valence electrons. The lowest BCUT2D eigenvalue weighted by atomic mass is 9.82. The molecule has 0 unspecified atom stereocenters. The summed E-state index contributed by atoms with van der Waals surface area (Å²) in [7, 11) is 0. The third-order valence-corrected chi connectivity index (χ3v) is 20.0. The molecule has 16 aromatic rings. The van der Waals surface area contributed by atoms with Crippen LogP contribution in [0.4, 0.5) is 34.1 Å². The normalized spacial score (nSPS) is 12.4. The average Bonchev–Trinajstić information content (AvgIpc) is 1.58. The summed E-state index contributed by atoms with van der Waals surface area (Å²) in [6.45, 7) is 13.5. The van der Waals surface area contributed by atoms with Crippen molar-refractivity contribution in [3.8, 4) is 67.0 Å². The molecular formula is C91H70N4. The highest BCUT2D eigenvalue weighted by Crippen LogP contribution is 2.52. The van der Waals surface area contributed by atoms with Gasteiger partial charge in [0.2, 0.25) is 0 Å². The number of nitrogens with zero attached hydrogens (tertiary/aromatic N) is 4. The van der Waals surface area contributed by atoms with E-state index in [1.54, 1.807) is 0 Å². The Kier molecular flexibility index (Phi) is 13.8. The van der Waals surface area contributed by atoms with Crippen LogP contribution in [0, 0.1) is 27.7 Å². The average molecular weight is 1220 g/mol. The van der Waals surface area contributed by atoms with E-state index < -0.39 is 0 Å². The molecule has 0 N–H and O–H groups in total. The van der Waals surface area contributed by atoms with Gasteiger partial charge in [0, 0.05) is 72.5 Å². The Morgan fingerprint density at radius 1 is 0.232 bits per heavy atom. The summed E-state index contributed by atoms with van der Waals surface area (Å²) in [5.41, 5.74) is 33.3. The number of rotatable bonds is 12. The van der Waals surface area contributed by atoms with E-state index >= 15 is 0 Å². The van der Waals surface area contributed by atoms with Crippen molar-refractivity contribution in [1.29, 1.82) is 0 Å². The minimum Gasteiger partial charge on any atom is -0.311 e.